The molecule has 126 valence electrons. The minimum absolute atomic E-state index is 0.0929. The fourth-order valence-electron chi connectivity index (χ4n) is 2.90. The maximum Gasteiger partial charge on any atom is 0.261 e. The first-order valence-electron chi connectivity index (χ1n) is 7.85. The highest BCUT2D eigenvalue weighted by atomic mass is 32.2. The van der Waals surface area contributed by atoms with E-state index in [0.29, 0.717) is 11.3 Å². The predicted molar refractivity (Wildman–Crippen MR) is 95.3 cm³/mol. The number of carbonyl (C=O) groups is 1. The van der Waals surface area contributed by atoms with Gasteiger partial charge < -0.3 is 4.90 Å². The molecule has 1 aliphatic rings. The van der Waals surface area contributed by atoms with Crippen LogP contribution in [0.25, 0.3) is 0 Å². The van der Waals surface area contributed by atoms with Gasteiger partial charge in [-0.1, -0.05) is 18.2 Å². The summed E-state index contributed by atoms with van der Waals surface area (Å²) in [6.45, 7) is 2.42. The zero-order valence-electron chi connectivity index (χ0n) is 13.7. The summed E-state index contributed by atoms with van der Waals surface area (Å²) in [7, 11) is -1.67. The van der Waals surface area contributed by atoms with Crippen LogP contribution < -0.4 is 9.62 Å². The molecule has 6 heteroatoms. The number of Topliss-reactive ketones (excluding diaryl/α,β-unsaturated/α-hetero) is 1. The van der Waals surface area contributed by atoms with Gasteiger partial charge in [0.25, 0.3) is 10.0 Å². The summed E-state index contributed by atoms with van der Waals surface area (Å²) >= 11 is 0. The van der Waals surface area contributed by atoms with E-state index in [2.05, 4.69) is 9.62 Å². The Morgan fingerprint density at radius 3 is 2.50 bits per heavy atom. The van der Waals surface area contributed by atoms with Crippen molar-refractivity contribution < 1.29 is 13.2 Å². The van der Waals surface area contributed by atoms with Gasteiger partial charge in [-0.05, 0) is 49.6 Å². The molecule has 0 saturated heterocycles. The normalized spacial score (nSPS) is 14.2. The highest BCUT2D eigenvalue weighted by molar-refractivity contribution is 7.92. The summed E-state index contributed by atoms with van der Waals surface area (Å²) < 4.78 is 27.7. The Bertz CT molecular complexity index is 874. The lowest BCUT2D eigenvalue weighted by atomic mass is 10.0. The van der Waals surface area contributed by atoms with Crippen LogP contribution in [0.5, 0.6) is 0 Å². The molecule has 3 rings (SSSR count). The van der Waals surface area contributed by atoms with E-state index in [9.17, 15) is 13.2 Å². The number of nitrogens with one attached hydrogen (secondary N) is 1. The van der Waals surface area contributed by atoms with Crippen LogP contribution in [0.3, 0.4) is 0 Å². The van der Waals surface area contributed by atoms with Gasteiger partial charge in [0.05, 0.1) is 10.6 Å². The number of fused-ring (bicyclic) bond motifs is 1. The van der Waals surface area contributed by atoms with E-state index in [0.717, 1.165) is 25.1 Å². The molecule has 5 nitrogen and oxygen atoms in total. The van der Waals surface area contributed by atoms with Gasteiger partial charge in [-0.2, -0.15) is 0 Å². The molecule has 0 unspecified atom stereocenters. The molecule has 24 heavy (non-hydrogen) atoms. The van der Waals surface area contributed by atoms with Gasteiger partial charge in [0, 0.05) is 24.8 Å². The molecule has 0 amide bonds. The largest absolute Gasteiger partial charge is 0.374 e. The molecule has 2 aromatic rings. The van der Waals surface area contributed by atoms with Crippen molar-refractivity contribution in [2.45, 2.75) is 24.7 Å². The molecule has 2 aromatic carbocycles. The predicted octanol–water partition coefficient (Wildman–Crippen LogP) is 3.07. The molecule has 0 atom stereocenters. The van der Waals surface area contributed by atoms with Gasteiger partial charge in [-0.3, -0.25) is 9.52 Å². The first-order valence-corrected chi connectivity index (χ1v) is 9.33. The molecule has 1 heterocycles. The molecule has 0 fully saturated rings. The Hall–Kier alpha value is -2.34. The number of carbonyl (C=O) groups excluding carboxylic acids is 1. The average Bonchev–Trinajstić information content (AvgIpc) is 2.55. The monoisotopic (exact) mass is 344 g/mol. The van der Waals surface area contributed by atoms with Crippen molar-refractivity contribution >= 4 is 27.2 Å². The van der Waals surface area contributed by atoms with E-state index in [1.54, 1.807) is 6.07 Å². The van der Waals surface area contributed by atoms with E-state index in [1.807, 2.05) is 19.2 Å². The maximum atomic E-state index is 12.5. The van der Waals surface area contributed by atoms with E-state index in [4.69, 9.17) is 0 Å². The lowest BCUT2D eigenvalue weighted by Gasteiger charge is -2.28. The zero-order valence-corrected chi connectivity index (χ0v) is 14.6. The Morgan fingerprint density at radius 2 is 1.83 bits per heavy atom. The van der Waals surface area contributed by atoms with Crippen LogP contribution in [0.1, 0.15) is 29.3 Å². The highest BCUT2D eigenvalue weighted by Gasteiger charge is 2.18. The summed E-state index contributed by atoms with van der Waals surface area (Å²) in [4.78, 5) is 13.6. The number of ketones is 1. The van der Waals surface area contributed by atoms with Gasteiger partial charge >= 0.3 is 0 Å². The molecule has 0 radical (unpaired) electrons. The Labute approximate surface area is 142 Å². The van der Waals surface area contributed by atoms with Crippen LogP contribution in [-0.2, 0) is 16.4 Å². The first kappa shape index (κ1) is 16.5. The lowest BCUT2D eigenvalue weighted by Crippen LogP contribution is -2.25. The number of aryl methyl sites for hydroxylation is 1. The van der Waals surface area contributed by atoms with Crippen molar-refractivity contribution in [1.82, 2.24) is 0 Å². The molecule has 0 spiro atoms. The Balaban J connectivity index is 1.87. The molecule has 0 bridgehead atoms. The number of hydrogen-bond donors (Lipinski definition) is 1. The standard InChI is InChI=1S/C18H20N2O3S/c1-13(21)14-6-9-17(10-7-14)24(22,23)19-16-8-5-15-4-3-11-20(2)18(15)12-16/h5-10,12,19H,3-4,11H2,1-2H3. The van der Waals surface area contributed by atoms with Gasteiger partial charge in [0.15, 0.2) is 5.78 Å². The van der Waals surface area contributed by atoms with Gasteiger partial charge in [0.1, 0.15) is 0 Å². The third kappa shape index (κ3) is 3.28. The van der Waals surface area contributed by atoms with Crippen molar-refractivity contribution in [3.63, 3.8) is 0 Å². The number of benzene rings is 2. The number of rotatable bonds is 4. The third-order valence-corrected chi connectivity index (χ3v) is 5.66. The number of sulfonamides is 1. The summed E-state index contributed by atoms with van der Waals surface area (Å²) in [5, 5.41) is 0. The smallest absolute Gasteiger partial charge is 0.261 e. The SMILES string of the molecule is CC(=O)c1ccc(S(=O)(=O)Nc2ccc3c(c2)N(C)CCC3)cc1. The van der Waals surface area contributed by atoms with Crippen LogP contribution in [0.4, 0.5) is 11.4 Å². The molecular weight excluding hydrogens is 324 g/mol. The van der Waals surface area contributed by atoms with Crippen LogP contribution >= 0.6 is 0 Å². The van der Waals surface area contributed by atoms with Crippen molar-refractivity contribution in [1.29, 1.82) is 0 Å². The van der Waals surface area contributed by atoms with Gasteiger partial charge in [-0.25, -0.2) is 8.42 Å². The highest BCUT2D eigenvalue weighted by Crippen LogP contribution is 2.29. The van der Waals surface area contributed by atoms with E-state index >= 15 is 0 Å². The van der Waals surface area contributed by atoms with Gasteiger partial charge in [-0.15, -0.1) is 0 Å². The lowest BCUT2D eigenvalue weighted by molar-refractivity contribution is 0.101. The maximum absolute atomic E-state index is 12.5. The second kappa shape index (κ2) is 6.28. The van der Waals surface area contributed by atoms with Crippen molar-refractivity contribution in [2.75, 3.05) is 23.2 Å². The van der Waals surface area contributed by atoms with E-state index in [1.165, 1.54) is 36.8 Å². The average molecular weight is 344 g/mol. The van der Waals surface area contributed by atoms with Crippen molar-refractivity contribution in [3.05, 3.63) is 53.6 Å². The minimum Gasteiger partial charge on any atom is -0.374 e. The molecule has 0 saturated carbocycles. The Kier molecular flexibility index (Phi) is 4.32. The molecule has 1 N–H and O–H groups in total. The summed E-state index contributed by atoms with van der Waals surface area (Å²) in [6.07, 6.45) is 2.12. The van der Waals surface area contributed by atoms with E-state index in [-0.39, 0.29) is 10.7 Å². The fourth-order valence-corrected chi connectivity index (χ4v) is 3.95. The van der Waals surface area contributed by atoms with Crippen LogP contribution in [0.15, 0.2) is 47.4 Å². The van der Waals surface area contributed by atoms with Crippen LogP contribution in [0, 0.1) is 0 Å². The van der Waals surface area contributed by atoms with Crippen molar-refractivity contribution in [2.24, 2.45) is 0 Å². The van der Waals surface area contributed by atoms with Gasteiger partial charge in [0.2, 0.25) is 0 Å². The van der Waals surface area contributed by atoms with Crippen LogP contribution in [0.2, 0.25) is 0 Å². The first-order chi connectivity index (χ1) is 11.4. The summed E-state index contributed by atoms with van der Waals surface area (Å²) in [5.74, 6) is -0.0929. The number of hydrogen-bond acceptors (Lipinski definition) is 4. The molecule has 1 aliphatic heterocycles. The molecular formula is C18H20N2O3S. The van der Waals surface area contributed by atoms with Crippen LogP contribution in [-0.4, -0.2) is 27.8 Å². The number of anilines is 2. The number of nitrogens with zero attached hydrogens (tertiary/aromatic N) is 1. The topological polar surface area (TPSA) is 66.5 Å². The van der Waals surface area contributed by atoms with E-state index < -0.39 is 10.0 Å². The molecule has 0 aromatic heterocycles. The quantitative estimate of drug-likeness (QED) is 0.866. The zero-order chi connectivity index (χ0) is 17.3. The second-order valence-electron chi connectivity index (χ2n) is 6.05. The summed E-state index contributed by atoms with van der Waals surface area (Å²) in [5.41, 5.74) is 3.33. The minimum atomic E-state index is -3.68. The third-order valence-electron chi connectivity index (χ3n) is 4.26. The Morgan fingerprint density at radius 1 is 1.12 bits per heavy atom. The second-order valence-corrected chi connectivity index (χ2v) is 7.74. The van der Waals surface area contributed by atoms with Crippen molar-refractivity contribution in [3.8, 4) is 0 Å². The molecule has 0 aliphatic carbocycles. The fraction of sp³-hybridized carbons (Fsp3) is 0.278. The summed E-state index contributed by atoms with van der Waals surface area (Å²) in [6, 6.07) is 11.6.